The van der Waals surface area contributed by atoms with Crippen LogP contribution in [0.3, 0.4) is 0 Å². The van der Waals surface area contributed by atoms with Crippen molar-refractivity contribution in [2.45, 2.75) is 19.0 Å². The number of nitrogens with zero attached hydrogens (tertiary/aromatic N) is 2. The molecule has 1 aromatic rings. The summed E-state index contributed by atoms with van der Waals surface area (Å²) in [7, 11) is 0. The Morgan fingerprint density at radius 1 is 1.71 bits per heavy atom. The summed E-state index contributed by atoms with van der Waals surface area (Å²) in [5, 5.41) is 15.6. The Bertz CT molecular complexity index is 336. The van der Waals surface area contributed by atoms with Gasteiger partial charge in [-0.3, -0.25) is 4.79 Å². The Morgan fingerprint density at radius 3 is 2.79 bits per heavy atom. The number of nitrogen functional groups attached to an aromatic ring is 1. The maximum absolute atomic E-state index is 10.8. The minimum absolute atomic E-state index is 0.237. The summed E-state index contributed by atoms with van der Waals surface area (Å²) in [6, 6.07) is 0. The molecule has 0 saturated carbocycles. The van der Waals surface area contributed by atoms with E-state index in [1.165, 1.54) is 11.8 Å². The number of hydrogen-bond acceptors (Lipinski definition) is 5. The number of carbonyl (C=O) groups is 1. The number of aliphatic carboxylic acids is 1. The van der Waals surface area contributed by atoms with Gasteiger partial charge in [0, 0.05) is 5.75 Å². The maximum Gasteiger partial charge on any atom is 0.309 e. The normalized spacial score (nSPS) is 11.6. The molecule has 1 heterocycles. The molecule has 78 valence electrons. The zero-order chi connectivity index (χ0) is 10.8. The molecule has 7 heteroatoms. The van der Waals surface area contributed by atoms with Gasteiger partial charge in [0.2, 0.25) is 11.1 Å². The van der Waals surface area contributed by atoms with Gasteiger partial charge in [0.1, 0.15) is 0 Å². The number of nitrogens with two attached hydrogens (primary N) is 1. The highest BCUT2D eigenvalue weighted by atomic mass is 32.2. The number of hydrogen-bond donors (Lipinski definition) is 3. The molecule has 6 nitrogen and oxygen atoms in total. The van der Waals surface area contributed by atoms with E-state index in [1.807, 2.05) is 0 Å². The molecule has 0 spiro atoms. The Morgan fingerprint density at radius 2 is 2.36 bits per heavy atom. The molecular weight excluding hydrogens is 204 g/mol. The van der Waals surface area contributed by atoms with Gasteiger partial charge in [-0.1, -0.05) is 11.8 Å². The van der Waals surface area contributed by atoms with Crippen LogP contribution in [0.1, 0.15) is 13.8 Å². The molecule has 0 unspecified atom stereocenters. The number of nitrogens with one attached hydrogen (secondary N) is 1. The molecule has 0 atom stereocenters. The van der Waals surface area contributed by atoms with E-state index in [0.29, 0.717) is 10.9 Å². The minimum Gasteiger partial charge on any atom is -0.481 e. The number of aromatic nitrogens is 3. The number of H-pyrrole nitrogens is 1. The van der Waals surface area contributed by atoms with Crippen LogP contribution in [0.4, 0.5) is 5.95 Å². The van der Waals surface area contributed by atoms with Crippen molar-refractivity contribution in [3.8, 4) is 0 Å². The Balaban J connectivity index is 2.52. The van der Waals surface area contributed by atoms with Gasteiger partial charge in [-0.2, -0.15) is 4.98 Å². The average Bonchev–Trinajstić information content (AvgIpc) is 2.48. The standard InChI is InChI=1S/C7H12N4O2S/c1-7(2,4(12)13)3-14-6-9-5(8)10-11-6/h3H2,1-2H3,(H,12,13)(H3,8,9,10,11). The summed E-state index contributed by atoms with van der Waals surface area (Å²) < 4.78 is 0. The lowest BCUT2D eigenvalue weighted by Gasteiger charge is -2.16. The van der Waals surface area contributed by atoms with Crippen LogP contribution in [0.5, 0.6) is 0 Å². The van der Waals surface area contributed by atoms with Crippen molar-refractivity contribution < 1.29 is 9.90 Å². The van der Waals surface area contributed by atoms with Crippen molar-refractivity contribution in [2.75, 3.05) is 11.5 Å². The average molecular weight is 216 g/mol. The molecule has 1 aromatic heterocycles. The molecule has 14 heavy (non-hydrogen) atoms. The predicted molar refractivity (Wildman–Crippen MR) is 52.9 cm³/mol. The van der Waals surface area contributed by atoms with Crippen LogP contribution in [0.25, 0.3) is 0 Å². The summed E-state index contributed by atoms with van der Waals surface area (Å²) in [6.07, 6.45) is 0. The third-order valence-corrected chi connectivity index (χ3v) is 2.93. The lowest BCUT2D eigenvalue weighted by Crippen LogP contribution is -2.26. The number of carboxylic acid groups (broad SMARTS) is 1. The second kappa shape index (κ2) is 3.87. The van der Waals surface area contributed by atoms with Crippen molar-refractivity contribution in [3.63, 3.8) is 0 Å². The Labute approximate surface area is 85.3 Å². The highest BCUT2D eigenvalue weighted by Crippen LogP contribution is 2.25. The maximum atomic E-state index is 10.8. The van der Waals surface area contributed by atoms with Gasteiger partial charge in [0.15, 0.2) is 0 Å². The SMILES string of the molecule is CC(C)(CSc1n[nH]c(N)n1)C(=O)O. The zero-order valence-electron chi connectivity index (χ0n) is 7.94. The second-order valence-corrected chi connectivity index (χ2v) is 4.42. The number of rotatable bonds is 4. The van der Waals surface area contributed by atoms with E-state index < -0.39 is 11.4 Å². The van der Waals surface area contributed by atoms with Crippen molar-refractivity contribution in [3.05, 3.63) is 0 Å². The monoisotopic (exact) mass is 216 g/mol. The molecule has 0 fully saturated rings. The zero-order valence-corrected chi connectivity index (χ0v) is 8.76. The van der Waals surface area contributed by atoms with E-state index in [9.17, 15) is 4.79 Å². The van der Waals surface area contributed by atoms with Gasteiger partial charge >= 0.3 is 5.97 Å². The van der Waals surface area contributed by atoms with Crippen LogP contribution in [0.15, 0.2) is 5.16 Å². The van der Waals surface area contributed by atoms with Crippen LogP contribution < -0.4 is 5.73 Å². The van der Waals surface area contributed by atoms with Gasteiger partial charge in [0.05, 0.1) is 5.41 Å². The molecule has 0 aliphatic rings. The molecule has 4 N–H and O–H groups in total. The quantitative estimate of drug-likeness (QED) is 0.636. The topological polar surface area (TPSA) is 105 Å². The van der Waals surface area contributed by atoms with Crippen molar-refractivity contribution in [1.82, 2.24) is 15.2 Å². The van der Waals surface area contributed by atoms with E-state index in [4.69, 9.17) is 10.8 Å². The molecule has 1 rings (SSSR count). The molecular formula is C7H12N4O2S. The van der Waals surface area contributed by atoms with E-state index in [-0.39, 0.29) is 5.95 Å². The van der Waals surface area contributed by atoms with E-state index in [2.05, 4.69) is 15.2 Å². The Kier molecular flexibility index (Phi) is 3.00. The van der Waals surface area contributed by atoms with Gasteiger partial charge in [-0.15, -0.1) is 5.10 Å². The first-order valence-corrected chi connectivity index (χ1v) is 4.94. The first-order chi connectivity index (χ1) is 6.42. The molecule has 0 aliphatic carbocycles. The molecule has 0 radical (unpaired) electrons. The van der Waals surface area contributed by atoms with Gasteiger partial charge in [-0.25, -0.2) is 5.10 Å². The molecule has 0 bridgehead atoms. The number of aromatic amines is 1. The number of thioether (sulfide) groups is 1. The van der Waals surface area contributed by atoms with Gasteiger partial charge < -0.3 is 10.8 Å². The summed E-state index contributed by atoms with van der Waals surface area (Å²) in [5.41, 5.74) is 4.53. The highest BCUT2D eigenvalue weighted by Gasteiger charge is 2.27. The van der Waals surface area contributed by atoms with Crippen LogP contribution in [-0.4, -0.2) is 32.0 Å². The fourth-order valence-corrected chi connectivity index (χ4v) is 1.52. The van der Waals surface area contributed by atoms with E-state index in [0.717, 1.165) is 0 Å². The fourth-order valence-electron chi connectivity index (χ4n) is 0.629. The van der Waals surface area contributed by atoms with Crippen molar-refractivity contribution >= 4 is 23.7 Å². The number of carboxylic acids is 1. The lowest BCUT2D eigenvalue weighted by molar-refractivity contribution is -0.145. The Hall–Kier alpha value is -1.24. The van der Waals surface area contributed by atoms with E-state index in [1.54, 1.807) is 13.8 Å². The minimum atomic E-state index is -0.839. The van der Waals surface area contributed by atoms with Crippen LogP contribution in [-0.2, 0) is 4.79 Å². The fraction of sp³-hybridized carbons (Fsp3) is 0.571. The third-order valence-electron chi connectivity index (χ3n) is 1.62. The van der Waals surface area contributed by atoms with Gasteiger partial charge in [0.25, 0.3) is 0 Å². The smallest absolute Gasteiger partial charge is 0.309 e. The summed E-state index contributed by atoms with van der Waals surface area (Å²) in [6.45, 7) is 3.30. The van der Waals surface area contributed by atoms with E-state index >= 15 is 0 Å². The lowest BCUT2D eigenvalue weighted by atomic mass is 9.97. The molecule has 0 aliphatic heterocycles. The highest BCUT2D eigenvalue weighted by molar-refractivity contribution is 7.99. The van der Waals surface area contributed by atoms with Crippen LogP contribution in [0, 0.1) is 5.41 Å². The van der Waals surface area contributed by atoms with Gasteiger partial charge in [-0.05, 0) is 13.8 Å². The third kappa shape index (κ3) is 2.63. The summed E-state index contributed by atoms with van der Waals surface area (Å²) in [5.74, 6) is -0.200. The number of anilines is 1. The van der Waals surface area contributed by atoms with Crippen LogP contribution >= 0.6 is 11.8 Å². The first kappa shape index (κ1) is 10.8. The summed E-state index contributed by atoms with van der Waals surface area (Å²) >= 11 is 1.26. The van der Waals surface area contributed by atoms with Crippen molar-refractivity contribution in [1.29, 1.82) is 0 Å². The van der Waals surface area contributed by atoms with Crippen LogP contribution in [0.2, 0.25) is 0 Å². The molecule has 0 amide bonds. The predicted octanol–water partition coefficient (Wildman–Crippen LogP) is 0.590. The first-order valence-electron chi connectivity index (χ1n) is 3.96. The largest absolute Gasteiger partial charge is 0.481 e. The second-order valence-electron chi connectivity index (χ2n) is 3.48. The van der Waals surface area contributed by atoms with Crippen molar-refractivity contribution in [2.24, 2.45) is 5.41 Å². The molecule has 0 aromatic carbocycles. The molecule has 0 saturated heterocycles. The summed E-state index contributed by atoms with van der Waals surface area (Å²) in [4.78, 5) is 14.6.